The number of likely N-dealkylation sites (tertiary alicyclic amines) is 1. The molecule has 2 heterocycles. The molecule has 0 spiro atoms. The highest BCUT2D eigenvalue weighted by Crippen LogP contribution is 2.21. The smallest absolute Gasteiger partial charge is 0.417 e. The summed E-state index contributed by atoms with van der Waals surface area (Å²) in [5.41, 5.74) is 1.48. The molecule has 2 aliphatic rings. The van der Waals surface area contributed by atoms with Gasteiger partial charge in [-0.3, -0.25) is 9.59 Å². The van der Waals surface area contributed by atoms with Crippen molar-refractivity contribution in [2.45, 2.75) is 32.2 Å². The third-order valence-corrected chi connectivity index (χ3v) is 4.52. The van der Waals surface area contributed by atoms with E-state index in [0.717, 1.165) is 10.5 Å². The van der Waals surface area contributed by atoms with E-state index < -0.39 is 6.09 Å². The lowest BCUT2D eigenvalue weighted by molar-refractivity contribution is -0.131. The van der Waals surface area contributed by atoms with Crippen molar-refractivity contribution >= 4 is 17.9 Å². The molecule has 3 amide bonds. The number of halogens is 1. The molecule has 2 fully saturated rings. The van der Waals surface area contributed by atoms with Crippen LogP contribution in [0.5, 0.6) is 0 Å². The first-order chi connectivity index (χ1) is 11.5. The van der Waals surface area contributed by atoms with E-state index in [1.165, 1.54) is 6.07 Å². The van der Waals surface area contributed by atoms with E-state index in [0.29, 0.717) is 37.9 Å². The molecule has 2 saturated heterocycles. The van der Waals surface area contributed by atoms with Gasteiger partial charge in [0.25, 0.3) is 5.91 Å². The van der Waals surface area contributed by atoms with Crippen LogP contribution in [0, 0.1) is 12.7 Å². The number of hydrogen-bond acceptors (Lipinski definition) is 4. The number of rotatable bonds is 4. The predicted molar refractivity (Wildman–Crippen MR) is 82.6 cm³/mol. The summed E-state index contributed by atoms with van der Waals surface area (Å²) in [7, 11) is 0. The van der Waals surface area contributed by atoms with Crippen LogP contribution in [0.25, 0.3) is 0 Å². The Morgan fingerprint density at radius 3 is 2.83 bits per heavy atom. The second-order valence-corrected chi connectivity index (χ2v) is 6.18. The van der Waals surface area contributed by atoms with Crippen molar-refractivity contribution in [3.8, 4) is 0 Å². The summed E-state index contributed by atoms with van der Waals surface area (Å²) < 4.78 is 18.0. The van der Waals surface area contributed by atoms with Gasteiger partial charge in [-0.1, -0.05) is 12.1 Å². The summed E-state index contributed by atoms with van der Waals surface area (Å²) in [5, 5.41) is 0. The van der Waals surface area contributed by atoms with Crippen molar-refractivity contribution in [2.24, 2.45) is 0 Å². The zero-order valence-corrected chi connectivity index (χ0v) is 13.5. The van der Waals surface area contributed by atoms with Gasteiger partial charge < -0.3 is 9.64 Å². The highest BCUT2D eigenvalue weighted by molar-refractivity contribution is 5.98. The van der Waals surface area contributed by atoms with Crippen molar-refractivity contribution in [3.63, 3.8) is 0 Å². The predicted octanol–water partition coefficient (Wildman–Crippen LogP) is 1.65. The Bertz CT molecular complexity index is 675. The van der Waals surface area contributed by atoms with E-state index in [-0.39, 0.29) is 30.3 Å². The van der Waals surface area contributed by atoms with Crippen LogP contribution in [0.1, 0.15) is 24.0 Å². The summed E-state index contributed by atoms with van der Waals surface area (Å²) in [6, 6.07) is 4.53. The zero-order valence-electron chi connectivity index (χ0n) is 13.5. The van der Waals surface area contributed by atoms with Gasteiger partial charge in [0.15, 0.2) is 6.61 Å². The first-order valence-corrected chi connectivity index (χ1v) is 7.97. The van der Waals surface area contributed by atoms with E-state index in [1.54, 1.807) is 24.0 Å². The molecule has 0 saturated carbocycles. The van der Waals surface area contributed by atoms with Gasteiger partial charge in [-0.2, -0.15) is 0 Å². The molecule has 0 N–H and O–H groups in total. The molecule has 2 aliphatic heterocycles. The molecule has 0 aliphatic carbocycles. The molecule has 0 bridgehead atoms. The van der Waals surface area contributed by atoms with Gasteiger partial charge in [0.2, 0.25) is 5.91 Å². The molecule has 1 aromatic rings. The number of imide groups is 1. The van der Waals surface area contributed by atoms with Crippen LogP contribution >= 0.6 is 0 Å². The summed E-state index contributed by atoms with van der Waals surface area (Å²) >= 11 is 0. The fourth-order valence-corrected chi connectivity index (χ4v) is 3.17. The second kappa shape index (κ2) is 6.59. The Labute approximate surface area is 139 Å². The molecule has 3 rings (SSSR count). The fraction of sp³-hybridized carbons (Fsp3) is 0.471. The Hall–Kier alpha value is -2.44. The van der Waals surface area contributed by atoms with E-state index >= 15 is 0 Å². The van der Waals surface area contributed by atoms with Crippen molar-refractivity contribution in [1.29, 1.82) is 0 Å². The van der Waals surface area contributed by atoms with Gasteiger partial charge in [-0.15, -0.1) is 0 Å². The van der Waals surface area contributed by atoms with E-state index in [2.05, 4.69) is 0 Å². The van der Waals surface area contributed by atoms with Crippen LogP contribution in [-0.2, 0) is 20.7 Å². The summed E-state index contributed by atoms with van der Waals surface area (Å²) in [6.07, 6.45) is 0.797. The third-order valence-electron chi connectivity index (χ3n) is 4.52. The topological polar surface area (TPSA) is 66.9 Å². The minimum Gasteiger partial charge on any atom is -0.439 e. The van der Waals surface area contributed by atoms with Crippen molar-refractivity contribution in [3.05, 3.63) is 35.1 Å². The zero-order chi connectivity index (χ0) is 17.3. The molecular formula is C17H19FN2O4. The van der Waals surface area contributed by atoms with E-state index in [1.807, 2.05) is 0 Å². The SMILES string of the molecule is Cc1cc(CCC(=O)N2CCC(N3C(=O)COC3=O)C2)ccc1F. The van der Waals surface area contributed by atoms with Gasteiger partial charge in [-0.05, 0) is 37.0 Å². The molecule has 7 heteroatoms. The molecule has 6 nitrogen and oxygen atoms in total. The molecule has 0 aromatic heterocycles. The number of cyclic esters (lactones) is 1. The lowest BCUT2D eigenvalue weighted by Gasteiger charge is -2.20. The lowest BCUT2D eigenvalue weighted by atomic mass is 10.1. The molecular weight excluding hydrogens is 315 g/mol. The maximum Gasteiger partial charge on any atom is 0.417 e. The molecule has 1 unspecified atom stereocenters. The minimum atomic E-state index is -0.624. The van der Waals surface area contributed by atoms with Gasteiger partial charge in [-0.25, -0.2) is 14.1 Å². The first kappa shape index (κ1) is 16.4. The van der Waals surface area contributed by atoms with Crippen LogP contribution in [0.15, 0.2) is 18.2 Å². The van der Waals surface area contributed by atoms with Crippen LogP contribution < -0.4 is 0 Å². The molecule has 24 heavy (non-hydrogen) atoms. The average Bonchev–Trinajstić information content (AvgIpc) is 3.15. The van der Waals surface area contributed by atoms with Crippen molar-refractivity contribution in [2.75, 3.05) is 19.7 Å². The monoisotopic (exact) mass is 334 g/mol. The number of hydrogen-bond donors (Lipinski definition) is 0. The Morgan fingerprint density at radius 1 is 1.38 bits per heavy atom. The number of carbonyl (C=O) groups excluding carboxylic acids is 3. The highest BCUT2D eigenvalue weighted by Gasteiger charge is 2.41. The average molecular weight is 334 g/mol. The van der Waals surface area contributed by atoms with E-state index in [9.17, 15) is 18.8 Å². The van der Waals surface area contributed by atoms with Gasteiger partial charge in [0.05, 0.1) is 6.04 Å². The quantitative estimate of drug-likeness (QED) is 0.840. The summed E-state index contributed by atoms with van der Waals surface area (Å²) in [5.74, 6) is -0.629. The van der Waals surface area contributed by atoms with Crippen LogP contribution in [0.2, 0.25) is 0 Å². The standard InChI is InChI=1S/C17H19FN2O4/c1-11-8-12(2-4-14(11)18)3-5-15(21)19-7-6-13(9-19)20-16(22)10-24-17(20)23/h2,4,8,13H,3,5-7,9-10H2,1H3. The van der Waals surface area contributed by atoms with E-state index in [4.69, 9.17) is 4.74 Å². The van der Waals surface area contributed by atoms with Crippen molar-refractivity contribution in [1.82, 2.24) is 9.80 Å². The maximum atomic E-state index is 13.3. The number of carbonyl (C=O) groups is 3. The maximum absolute atomic E-state index is 13.3. The lowest BCUT2D eigenvalue weighted by Crippen LogP contribution is -2.42. The van der Waals surface area contributed by atoms with Gasteiger partial charge in [0, 0.05) is 19.5 Å². The number of aryl methyl sites for hydroxylation is 2. The van der Waals surface area contributed by atoms with Gasteiger partial charge >= 0.3 is 6.09 Å². The van der Waals surface area contributed by atoms with Gasteiger partial charge in [0.1, 0.15) is 5.82 Å². The number of ether oxygens (including phenoxy) is 1. The first-order valence-electron chi connectivity index (χ1n) is 7.97. The second-order valence-electron chi connectivity index (χ2n) is 6.18. The Morgan fingerprint density at radius 2 is 2.17 bits per heavy atom. The van der Waals surface area contributed by atoms with Crippen LogP contribution in [-0.4, -0.2) is 53.4 Å². The highest BCUT2D eigenvalue weighted by atomic mass is 19.1. The molecule has 1 atom stereocenters. The number of nitrogens with zero attached hydrogens (tertiary/aromatic N) is 2. The Kier molecular flexibility index (Phi) is 4.51. The molecule has 128 valence electrons. The van der Waals surface area contributed by atoms with Crippen molar-refractivity contribution < 1.29 is 23.5 Å². The summed E-state index contributed by atoms with van der Waals surface area (Å²) in [6.45, 7) is 2.34. The Balaban J connectivity index is 1.54. The normalized spacial score (nSPS) is 20.7. The molecule has 1 aromatic carbocycles. The fourth-order valence-electron chi connectivity index (χ4n) is 3.17. The molecule has 0 radical (unpaired) electrons. The number of amides is 3. The van der Waals surface area contributed by atoms with Crippen LogP contribution in [0.3, 0.4) is 0 Å². The largest absolute Gasteiger partial charge is 0.439 e. The number of benzene rings is 1. The third kappa shape index (κ3) is 3.25. The summed E-state index contributed by atoms with van der Waals surface area (Å²) in [4.78, 5) is 38.3. The van der Waals surface area contributed by atoms with Crippen LogP contribution in [0.4, 0.5) is 9.18 Å². The minimum absolute atomic E-state index is 0.0282.